The molecule has 0 atom stereocenters. The molecule has 0 unspecified atom stereocenters. The van der Waals surface area contributed by atoms with Crippen LogP contribution in [0.3, 0.4) is 0 Å². The summed E-state index contributed by atoms with van der Waals surface area (Å²) in [4.78, 5) is 10.6. The zero-order chi connectivity index (χ0) is 9.14. The highest BCUT2D eigenvalue weighted by Crippen LogP contribution is 2.06. The molecule has 5 nitrogen and oxygen atoms in total. The molecule has 0 aliphatic heterocycles. The van der Waals surface area contributed by atoms with Crippen LogP contribution in [0.2, 0.25) is 0 Å². The molecule has 12 heavy (non-hydrogen) atoms. The molecule has 66 valence electrons. The van der Waals surface area contributed by atoms with E-state index in [4.69, 9.17) is 10.2 Å². The molecule has 1 heterocycles. The number of aliphatic hydroxyl groups excluding tert-OH is 1. The first kappa shape index (κ1) is 8.73. The van der Waals surface area contributed by atoms with Crippen molar-refractivity contribution in [2.24, 2.45) is 0 Å². The van der Waals surface area contributed by atoms with Crippen LogP contribution in [-0.2, 0) is 6.54 Å². The molecule has 0 radical (unpaired) electrons. The number of aryl methyl sites for hydroxylation is 1. The van der Waals surface area contributed by atoms with Crippen LogP contribution in [0.15, 0.2) is 6.20 Å². The first-order chi connectivity index (χ1) is 5.66. The zero-order valence-corrected chi connectivity index (χ0v) is 6.69. The molecule has 1 aromatic heterocycles. The fourth-order valence-corrected chi connectivity index (χ4v) is 1.02. The minimum Gasteiger partial charge on any atom is -0.477 e. The van der Waals surface area contributed by atoms with E-state index >= 15 is 0 Å². The first-order valence-corrected chi connectivity index (χ1v) is 3.53. The van der Waals surface area contributed by atoms with Gasteiger partial charge >= 0.3 is 5.97 Å². The van der Waals surface area contributed by atoms with E-state index in [0.717, 1.165) is 0 Å². The Hall–Kier alpha value is -1.36. The molecule has 0 aromatic carbocycles. The highest BCUT2D eigenvalue weighted by atomic mass is 16.4. The van der Waals surface area contributed by atoms with Gasteiger partial charge in [-0.2, -0.15) is 5.10 Å². The van der Waals surface area contributed by atoms with Crippen LogP contribution < -0.4 is 0 Å². The quantitative estimate of drug-likeness (QED) is 0.663. The lowest BCUT2D eigenvalue weighted by Crippen LogP contribution is -2.12. The number of aromatic carboxylic acids is 1. The second kappa shape index (κ2) is 3.36. The van der Waals surface area contributed by atoms with Gasteiger partial charge in [0.25, 0.3) is 0 Å². The van der Waals surface area contributed by atoms with Crippen molar-refractivity contribution in [1.29, 1.82) is 0 Å². The highest BCUT2D eigenvalue weighted by Gasteiger charge is 2.13. The smallest absolute Gasteiger partial charge is 0.354 e. The maximum Gasteiger partial charge on any atom is 0.354 e. The van der Waals surface area contributed by atoms with Crippen molar-refractivity contribution < 1.29 is 15.0 Å². The van der Waals surface area contributed by atoms with Crippen LogP contribution in [0.5, 0.6) is 0 Å². The monoisotopic (exact) mass is 170 g/mol. The maximum atomic E-state index is 10.6. The molecule has 0 spiro atoms. The largest absolute Gasteiger partial charge is 0.477 e. The van der Waals surface area contributed by atoms with Gasteiger partial charge in [0.1, 0.15) is 5.69 Å². The van der Waals surface area contributed by atoms with Crippen molar-refractivity contribution in [3.63, 3.8) is 0 Å². The molecule has 0 saturated heterocycles. The first-order valence-electron chi connectivity index (χ1n) is 3.53. The standard InChI is InChI=1S/C7H10N2O3/c1-5-4-8-9(2-3-10)6(5)7(11)12/h4,10H,2-3H2,1H3,(H,11,12). The average Bonchev–Trinajstić information content (AvgIpc) is 2.32. The van der Waals surface area contributed by atoms with E-state index in [1.54, 1.807) is 6.92 Å². The van der Waals surface area contributed by atoms with E-state index in [2.05, 4.69) is 5.10 Å². The molecular weight excluding hydrogens is 160 g/mol. The van der Waals surface area contributed by atoms with Gasteiger partial charge in [0.2, 0.25) is 0 Å². The van der Waals surface area contributed by atoms with Crippen molar-refractivity contribution in [1.82, 2.24) is 9.78 Å². The van der Waals surface area contributed by atoms with E-state index in [1.165, 1.54) is 10.9 Å². The lowest BCUT2D eigenvalue weighted by atomic mass is 10.3. The molecule has 0 bridgehead atoms. The molecule has 5 heteroatoms. The molecule has 1 aromatic rings. The molecule has 0 fully saturated rings. The number of aromatic nitrogens is 2. The van der Waals surface area contributed by atoms with Gasteiger partial charge < -0.3 is 10.2 Å². The van der Waals surface area contributed by atoms with E-state index in [9.17, 15) is 4.79 Å². The van der Waals surface area contributed by atoms with Crippen molar-refractivity contribution in [3.8, 4) is 0 Å². The Kier molecular flexibility index (Phi) is 2.44. The predicted molar refractivity (Wildman–Crippen MR) is 41.0 cm³/mol. The Labute approximate surface area is 69.2 Å². The Balaban J connectivity index is 3.04. The Morgan fingerprint density at radius 1 is 1.75 bits per heavy atom. The van der Waals surface area contributed by atoms with Crippen LogP contribution in [0.25, 0.3) is 0 Å². The summed E-state index contributed by atoms with van der Waals surface area (Å²) in [6.45, 7) is 1.78. The molecule has 2 N–H and O–H groups in total. The third-order valence-corrected chi connectivity index (χ3v) is 1.54. The highest BCUT2D eigenvalue weighted by molar-refractivity contribution is 5.87. The summed E-state index contributed by atoms with van der Waals surface area (Å²) in [5.41, 5.74) is 0.750. The van der Waals surface area contributed by atoms with Crippen LogP contribution in [0, 0.1) is 6.92 Å². The van der Waals surface area contributed by atoms with Gasteiger partial charge in [-0.25, -0.2) is 4.79 Å². The van der Waals surface area contributed by atoms with Gasteiger partial charge in [0.15, 0.2) is 0 Å². The van der Waals surface area contributed by atoms with E-state index in [1.807, 2.05) is 0 Å². The fourth-order valence-electron chi connectivity index (χ4n) is 1.02. The van der Waals surface area contributed by atoms with E-state index in [0.29, 0.717) is 5.56 Å². The summed E-state index contributed by atoms with van der Waals surface area (Å²) < 4.78 is 1.28. The maximum absolute atomic E-state index is 10.6. The Morgan fingerprint density at radius 3 is 2.92 bits per heavy atom. The van der Waals surface area contributed by atoms with Gasteiger partial charge in [-0.15, -0.1) is 0 Å². The number of carboxylic acids is 1. The summed E-state index contributed by atoms with van der Waals surface area (Å²) in [5, 5.41) is 21.1. The van der Waals surface area contributed by atoms with Crippen molar-refractivity contribution in [2.75, 3.05) is 6.61 Å². The minimum atomic E-state index is -1.02. The van der Waals surface area contributed by atoms with Crippen LogP contribution in [-0.4, -0.2) is 32.6 Å². The minimum absolute atomic E-state index is 0.110. The molecule has 0 amide bonds. The number of hydrogen-bond donors (Lipinski definition) is 2. The lowest BCUT2D eigenvalue weighted by molar-refractivity contribution is 0.0681. The van der Waals surface area contributed by atoms with Crippen molar-refractivity contribution >= 4 is 5.97 Å². The summed E-state index contributed by atoms with van der Waals surface area (Å²) in [7, 11) is 0. The van der Waals surface area contributed by atoms with Gasteiger partial charge in [-0.05, 0) is 6.92 Å². The third-order valence-electron chi connectivity index (χ3n) is 1.54. The predicted octanol–water partition coefficient (Wildman–Crippen LogP) is -0.118. The number of carboxylic acid groups (broad SMARTS) is 1. The third kappa shape index (κ3) is 1.45. The van der Waals surface area contributed by atoms with Crippen LogP contribution in [0.1, 0.15) is 16.1 Å². The van der Waals surface area contributed by atoms with Gasteiger partial charge in [0, 0.05) is 5.56 Å². The van der Waals surface area contributed by atoms with Crippen LogP contribution >= 0.6 is 0 Å². The number of hydrogen-bond acceptors (Lipinski definition) is 3. The normalized spacial score (nSPS) is 10.2. The zero-order valence-electron chi connectivity index (χ0n) is 6.69. The summed E-state index contributed by atoms with van der Waals surface area (Å²) in [6, 6.07) is 0. The van der Waals surface area contributed by atoms with Gasteiger partial charge in [-0.1, -0.05) is 0 Å². The Morgan fingerprint density at radius 2 is 2.42 bits per heavy atom. The molecule has 0 aliphatic carbocycles. The number of rotatable bonds is 3. The van der Waals surface area contributed by atoms with Crippen molar-refractivity contribution in [3.05, 3.63) is 17.5 Å². The summed E-state index contributed by atoms with van der Waals surface area (Å²) >= 11 is 0. The average molecular weight is 170 g/mol. The van der Waals surface area contributed by atoms with Gasteiger partial charge in [0.05, 0.1) is 19.3 Å². The second-order valence-electron chi connectivity index (χ2n) is 2.43. The number of nitrogens with zero attached hydrogens (tertiary/aromatic N) is 2. The van der Waals surface area contributed by atoms with E-state index < -0.39 is 5.97 Å². The molecular formula is C7H10N2O3. The SMILES string of the molecule is Cc1cnn(CCO)c1C(=O)O. The molecule has 0 aliphatic rings. The lowest BCUT2D eigenvalue weighted by Gasteiger charge is -2.01. The second-order valence-corrected chi connectivity index (χ2v) is 2.43. The van der Waals surface area contributed by atoms with Crippen molar-refractivity contribution in [2.45, 2.75) is 13.5 Å². The number of aliphatic hydroxyl groups is 1. The summed E-state index contributed by atoms with van der Waals surface area (Å²) in [6.07, 6.45) is 1.47. The molecule has 0 saturated carbocycles. The molecule has 1 rings (SSSR count). The van der Waals surface area contributed by atoms with E-state index in [-0.39, 0.29) is 18.8 Å². The number of carbonyl (C=O) groups is 1. The Bertz CT molecular complexity index is 293. The fraction of sp³-hybridized carbons (Fsp3) is 0.429. The summed E-state index contributed by atoms with van der Waals surface area (Å²) in [5.74, 6) is -1.02. The van der Waals surface area contributed by atoms with Gasteiger partial charge in [-0.3, -0.25) is 4.68 Å². The van der Waals surface area contributed by atoms with Crippen LogP contribution in [0.4, 0.5) is 0 Å². The topological polar surface area (TPSA) is 75.3 Å².